The standard InChI is InChI=1S/C15H29N3O/c1-2-11-18(13-8-6-12(16)7-9-13)14-5-3-4-10-17-15(14)19/h12-14H,2-11,16H2,1H3,(H,17,19). The summed E-state index contributed by atoms with van der Waals surface area (Å²) in [5.74, 6) is 0.251. The van der Waals surface area contributed by atoms with E-state index in [4.69, 9.17) is 5.73 Å². The van der Waals surface area contributed by atoms with Crippen molar-refractivity contribution < 1.29 is 4.79 Å². The molecule has 0 aromatic carbocycles. The van der Waals surface area contributed by atoms with Crippen molar-refractivity contribution in [3.8, 4) is 0 Å². The van der Waals surface area contributed by atoms with Crippen LogP contribution in [0.3, 0.4) is 0 Å². The van der Waals surface area contributed by atoms with Gasteiger partial charge in [-0.25, -0.2) is 0 Å². The van der Waals surface area contributed by atoms with Gasteiger partial charge in [0.1, 0.15) is 0 Å². The Morgan fingerprint density at radius 2 is 1.95 bits per heavy atom. The third kappa shape index (κ3) is 3.93. The fourth-order valence-corrected chi connectivity index (χ4v) is 3.52. The zero-order chi connectivity index (χ0) is 13.7. The predicted molar refractivity (Wildman–Crippen MR) is 77.9 cm³/mol. The quantitative estimate of drug-likeness (QED) is 0.814. The lowest BCUT2D eigenvalue weighted by Crippen LogP contribution is -2.52. The van der Waals surface area contributed by atoms with Gasteiger partial charge in [0.2, 0.25) is 5.91 Å². The van der Waals surface area contributed by atoms with Gasteiger partial charge in [0, 0.05) is 18.6 Å². The minimum absolute atomic E-state index is 0.0989. The van der Waals surface area contributed by atoms with Gasteiger partial charge in [0.15, 0.2) is 0 Å². The van der Waals surface area contributed by atoms with Crippen LogP contribution in [0.4, 0.5) is 0 Å². The van der Waals surface area contributed by atoms with Gasteiger partial charge in [0.05, 0.1) is 6.04 Å². The Morgan fingerprint density at radius 1 is 1.21 bits per heavy atom. The van der Waals surface area contributed by atoms with Crippen molar-refractivity contribution in [2.24, 2.45) is 5.73 Å². The molecule has 110 valence electrons. The summed E-state index contributed by atoms with van der Waals surface area (Å²) >= 11 is 0. The Kier molecular flexibility index (Phi) is 5.64. The van der Waals surface area contributed by atoms with E-state index in [9.17, 15) is 4.79 Å². The smallest absolute Gasteiger partial charge is 0.237 e. The van der Waals surface area contributed by atoms with Crippen molar-refractivity contribution in [3.63, 3.8) is 0 Å². The maximum absolute atomic E-state index is 12.3. The van der Waals surface area contributed by atoms with Crippen molar-refractivity contribution in [3.05, 3.63) is 0 Å². The van der Waals surface area contributed by atoms with Crippen molar-refractivity contribution >= 4 is 5.91 Å². The highest BCUT2D eigenvalue weighted by Gasteiger charge is 2.33. The van der Waals surface area contributed by atoms with Gasteiger partial charge in [-0.15, -0.1) is 0 Å². The zero-order valence-electron chi connectivity index (χ0n) is 12.2. The molecule has 1 atom stereocenters. The second kappa shape index (κ2) is 7.25. The molecule has 3 N–H and O–H groups in total. The number of hydrogen-bond acceptors (Lipinski definition) is 3. The first-order valence-corrected chi connectivity index (χ1v) is 8.01. The third-order valence-electron chi connectivity index (χ3n) is 4.60. The Labute approximate surface area is 117 Å². The fourth-order valence-electron chi connectivity index (χ4n) is 3.52. The van der Waals surface area contributed by atoms with Crippen LogP contribution >= 0.6 is 0 Å². The van der Waals surface area contributed by atoms with Crippen molar-refractivity contribution in [1.82, 2.24) is 10.2 Å². The average Bonchev–Trinajstić information content (AvgIpc) is 2.62. The number of nitrogens with zero attached hydrogens (tertiary/aromatic N) is 1. The van der Waals surface area contributed by atoms with Gasteiger partial charge in [-0.3, -0.25) is 9.69 Å². The maximum atomic E-state index is 12.3. The summed E-state index contributed by atoms with van der Waals surface area (Å²) in [5.41, 5.74) is 6.00. The van der Waals surface area contributed by atoms with Crippen molar-refractivity contribution in [2.45, 2.75) is 76.4 Å². The molecule has 2 aliphatic rings. The van der Waals surface area contributed by atoms with Crippen LogP contribution in [0.25, 0.3) is 0 Å². The van der Waals surface area contributed by atoms with E-state index in [-0.39, 0.29) is 11.9 Å². The predicted octanol–water partition coefficient (Wildman–Crippen LogP) is 1.64. The number of nitrogens with two attached hydrogens (primary N) is 1. The van der Waals surface area contributed by atoms with Gasteiger partial charge < -0.3 is 11.1 Å². The van der Waals surface area contributed by atoms with Crippen molar-refractivity contribution in [1.29, 1.82) is 0 Å². The molecular formula is C15H29N3O. The monoisotopic (exact) mass is 267 g/mol. The Balaban J connectivity index is 2.02. The van der Waals surface area contributed by atoms with Gasteiger partial charge in [0.25, 0.3) is 0 Å². The van der Waals surface area contributed by atoms with Gasteiger partial charge in [-0.1, -0.05) is 6.92 Å². The first kappa shape index (κ1) is 14.8. The minimum Gasteiger partial charge on any atom is -0.355 e. The summed E-state index contributed by atoms with van der Waals surface area (Å²) in [6.45, 7) is 4.10. The highest BCUT2D eigenvalue weighted by atomic mass is 16.2. The van der Waals surface area contributed by atoms with Crippen LogP contribution < -0.4 is 11.1 Å². The molecule has 1 aliphatic carbocycles. The van der Waals surface area contributed by atoms with Crippen molar-refractivity contribution in [2.75, 3.05) is 13.1 Å². The van der Waals surface area contributed by atoms with Crippen LogP contribution in [-0.2, 0) is 4.79 Å². The van der Waals surface area contributed by atoms with Crippen LogP contribution in [0.2, 0.25) is 0 Å². The summed E-state index contributed by atoms with van der Waals surface area (Å²) in [5, 5.41) is 3.08. The largest absolute Gasteiger partial charge is 0.355 e. The summed E-state index contributed by atoms with van der Waals surface area (Å²) in [7, 11) is 0. The lowest BCUT2D eigenvalue weighted by atomic mass is 9.89. The summed E-state index contributed by atoms with van der Waals surface area (Å²) in [6.07, 6.45) is 8.96. The summed E-state index contributed by atoms with van der Waals surface area (Å²) < 4.78 is 0. The number of rotatable bonds is 4. The topological polar surface area (TPSA) is 58.4 Å². The molecule has 2 rings (SSSR count). The maximum Gasteiger partial charge on any atom is 0.237 e. The number of carbonyl (C=O) groups is 1. The van der Waals surface area contributed by atoms with E-state index in [0.717, 1.165) is 64.5 Å². The zero-order valence-corrected chi connectivity index (χ0v) is 12.2. The normalized spacial score (nSPS) is 33.0. The molecule has 0 radical (unpaired) electrons. The van der Waals surface area contributed by atoms with Crippen LogP contribution in [-0.4, -0.2) is 42.0 Å². The minimum atomic E-state index is 0.0989. The average molecular weight is 267 g/mol. The van der Waals surface area contributed by atoms with Gasteiger partial charge >= 0.3 is 0 Å². The van der Waals surface area contributed by atoms with Crippen LogP contribution in [0.5, 0.6) is 0 Å². The Hall–Kier alpha value is -0.610. The molecule has 1 unspecified atom stereocenters. The molecule has 1 saturated heterocycles. The number of nitrogens with one attached hydrogen (secondary N) is 1. The van der Waals surface area contributed by atoms with E-state index in [1.54, 1.807) is 0 Å². The molecule has 4 nitrogen and oxygen atoms in total. The molecule has 2 fully saturated rings. The number of carbonyl (C=O) groups excluding carboxylic acids is 1. The highest BCUT2D eigenvalue weighted by Crippen LogP contribution is 2.26. The number of amides is 1. The van der Waals surface area contributed by atoms with E-state index >= 15 is 0 Å². The van der Waals surface area contributed by atoms with E-state index in [1.165, 1.54) is 0 Å². The molecule has 0 bridgehead atoms. The van der Waals surface area contributed by atoms with E-state index in [0.29, 0.717) is 12.1 Å². The molecule has 0 aromatic rings. The Bertz CT molecular complexity index is 287. The highest BCUT2D eigenvalue weighted by molar-refractivity contribution is 5.82. The van der Waals surface area contributed by atoms with Crippen LogP contribution in [0.15, 0.2) is 0 Å². The Morgan fingerprint density at radius 3 is 2.63 bits per heavy atom. The van der Waals surface area contributed by atoms with Gasteiger partial charge in [-0.05, 0) is 57.9 Å². The first-order valence-electron chi connectivity index (χ1n) is 8.01. The van der Waals surface area contributed by atoms with E-state index in [1.807, 2.05) is 0 Å². The molecule has 1 amide bonds. The SMILES string of the molecule is CCCN(C1CCC(N)CC1)C1CCCCNC1=O. The summed E-state index contributed by atoms with van der Waals surface area (Å²) in [6, 6.07) is 1.04. The van der Waals surface area contributed by atoms with E-state index in [2.05, 4.69) is 17.1 Å². The second-order valence-corrected chi connectivity index (χ2v) is 6.11. The fraction of sp³-hybridized carbons (Fsp3) is 0.933. The number of hydrogen-bond donors (Lipinski definition) is 2. The van der Waals surface area contributed by atoms with E-state index < -0.39 is 0 Å². The molecule has 1 saturated carbocycles. The lowest BCUT2D eigenvalue weighted by Gasteiger charge is -2.40. The lowest BCUT2D eigenvalue weighted by molar-refractivity contribution is -0.127. The molecule has 0 spiro atoms. The summed E-state index contributed by atoms with van der Waals surface area (Å²) in [4.78, 5) is 14.7. The molecule has 1 heterocycles. The first-order chi connectivity index (χ1) is 9.22. The molecular weight excluding hydrogens is 238 g/mol. The molecule has 19 heavy (non-hydrogen) atoms. The second-order valence-electron chi connectivity index (χ2n) is 6.11. The van der Waals surface area contributed by atoms with Crippen LogP contribution in [0.1, 0.15) is 58.3 Å². The van der Waals surface area contributed by atoms with Gasteiger partial charge in [-0.2, -0.15) is 0 Å². The molecule has 4 heteroatoms. The molecule has 0 aromatic heterocycles. The van der Waals surface area contributed by atoms with Crippen LogP contribution in [0, 0.1) is 0 Å². The molecule has 1 aliphatic heterocycles. The third-order valence-corrected chi connectivity index (χ3v) is 4.60.